The second kappa shape index (κ2) is 12.7. The summed E-state index contributed by atoms with van der Waals surface area (Å²) in [4.78, 5) is 24.1. The molecule has 0 saturated carbocycles. The van der Waals surface area contributed by atoms with Crippen molar-refractivity contribution in [1.82, 2.24) is 14.9 Å². The van der Waals surface area contributed by atoms with Crippen LogP contribution in [0.15, 0.2) is 59.7 Å². The quantitative estimate of drug-likeness (QED) is 0.102. The summed E-state index contributed by atoms with van der Waals surface area (Å²) in [6.07, 6.45) is 8.05. The summed E-state index contributed by atoms with van der Waals surface area (Å²) in [7, 11) is 5.85. The zero-order valence-corrected chi connectivity index (χ0v) is 30.6. The van der Waals surface area contributed by atoms with Crippen molar-refractivity contribution < 1.29 is 29.3 Å². The van der Waals surface area contributed by atoms with E-state index in [2.05, 4.69) is 59.2 Å². The fraction of sp³-hybridized carbons (Fsp3) is 0.500. The van der Waals surface area contributed by atoms with Crippen LogP contribution < -0.4 is 0 Å². The normalized spacial score (nSPS) is 32.4. The number of esters is 1. The molecule has 7 atom stereocenters. The van der Waals surface area contributed by atoms with Gasteiger partial charge in [0.1, 0.15) is 23.8 Å². The maximum absolute atomic E-state index is 14.2. The van der Waals surface area contributed by atoms with Gasteiger partial charge in [-0.1, -0.05) is 35.9 Å². The van der Waals surface area contributed by atoms with Gasteiger partial charge in [0, 0.05) is 76.9 Å². The minimum absolute atomic E-state index is 0.178. The topological polar surface area (TPSA) is 122 Å². The minimum Gasteiger partial charge on any atom is -0.508 e. The lowest BCUT2D eigenvalue weighted by molar-refractivity contribution is -0.942. The second-order valence-electron chi connectivity index (χ2n) is 16.0. The summed E-state index contributed by atoms with van der Waals surface area (Å²) in [5.74, 6) is -0.405. The molecule has 1 aliphatic carbocycles. The molecule has 5 heterocycles. The summed E-state index contributed by atoms with van der Waals surface area (Å²) >= 11 is 0. The summed E-state index contributed by atoms with van der Waals surface area (Å²) in [6.45, 7) is 6.64. The van der Waals surface area contributed by atoms with Gasteiger partial charge in [-0.05, 0) is 81.0 Å². The van der Waals surface area contributed by atoms with Gasteiger partial charge in [-0.15, -0.1) is 0 Å². The lowest BCUT2D eigenvalue weighted by Crippen LogP contribution is -2.63. The van der Waals surface area contributed by atoms with Gasteiger partial charge in [0.05, 0.1) is 33.0 Å². The highest BCUT2D eigenvalue weighted by atomic mass is 16.5. The first-order valence-electron chi connectivity index (χ1n) is 18.7. The number of nitrogens with one attached hydrogen (secondary N) is 2. The highest BCUT2D eigenvalue weighted by Gasteiger charge is 2.59. The number of carbonyl (C=O) groups excluding carboxylic acids is 1. The molecule has 0 spiro atoms. The average Bonchev–Trinajstić information content (AvgIpc) is 3.69. The van der Waals surface area contributed by atoms with Crippen LogP contribution in [0.2, 0.25) is 0 Å². The van der Waals surface area contributed by atoms with Crippen LogP contribution >= 0.6 is 0 Å². The third-order valence-corrected chi connectivity index (χ3v) is 13.7. The molecule has 2 saturated heterocycles. The van der Waals surface area contributed by atoms with Crippen LogP contribution in [-0.4, -0.2) is 101 Å². The third-order valence-electron chi connectivity index (χ3n) is 13.7. The van der Waals surface area contributed by atoms with Gasteiger partial charge < -0.3 is 34.5 Å². The van der Waals surface area contributed by atoms with Gasteiger partial charge in [-0.3, -0.25) is 9.69 Å². The van der Waals surface area contributed by atoms with E-state index in [1.165, 1.54) is 23.9 Å². The Balaban J connectivity index is 1.38. The number of hydrogen-bond acceptors (Lipinski definition) is 6. The number of allylic oxidation sites excluding steroid dienone is 2. The number of quaternary nitrogens is 1. The van der Waals surface area contributed by atoms with E-state index in [1.807, 2.05) is 32.2 Å². The third kappa shape index (κ3) is 4.91. The first-order valence-corrected chi connectivity index (χ1v) is 18.7. The van der Waals surface area contributed by atoms with Crippen molar-refractivity contribution in [3.63, 3.8) is 0 Å². The molecule has 2 bridgehead atoms. The Labute approximate surface area is 300 Å². The van der Waals surface area contributed by atoms with Gasteiger partial charge in [0.25, 0.3) is 0 Å². The van der Waals surface area contributed by atoms with Crippen LogP contribution in [-0.2, 0) is 22.4 Å². The molecule has 270 valence electrons. The number of nitrogens with zero attached hydrogens (tertiary/aromatic N) is 2. The lowest BCUT2D eigenvalue weighted by Gasteiger charge is -2.53. The Hall–Kier alpha value is -3.89. The van der Waals surface area contributed by atoms with Crippen molar-refractivity contribution in [3.8, 4) is 5.75 Å². The molecule has 51 heavy (non-hydrogen) atoms. The zero-order valence-electron chi connectivity index (χ0n) is 30.6. The van der Waals surface area contributed by atoms with Crippen LogP contribution in [0.1, 0.15) is 73.1 Å². The number of rotatable bonds is 5. The van der Waals surface area contributed by atoms with Crippen molar-refractivity contribution in [2.45, 2.75) is 64.0 Å². The number of carbonyl (C=O) groups is 1. The van der Waals surface area contributed by atoms with Crippen LogP contribution in [0.25, 0.3) is 21.8 Å². The van der Waals surface area contributed by atoms with Gasteiger partial charge in [0.2, 0.25) is 0 Å². The van der Waals surface area contributed by atoms with Crippen LogP contribution in [0, 0.1) is 17.3 Å². The molecule has 4 aromatic rings. The molecule has 0 radical (unpaired) electrons. The van der Waals surface area contributed by atoms with Crippen LogP contribution in [0.3, 0.4) is 0 Å². The van der Waals surface area contributed by atoms with Gasteiger partial charge in [0.15, 0.2) is 0 Å². The molecule has 2 fully saturated rings. The fourth-order valence-corrected chi connectivity index (χ4v) is 11.2. The number of aliphatic hydroxyl groups excluding tert-OH is 2. The number of aromatic hydroxyl groups is 1. The second-order valence-corrected chi connectivity index (χ2v) is 16.0. The van der Waals surface area contributed by atoms with Crippen molar-refractivity contribution in [2.24, 2.45) is 17.3 Å². The number of likely N-dealkylation sites (tertiary alicyclic amines) is 1. The summed E-state index contributed by atoms with van der Waals surface area (Å²) in [5.41, 5.74) is 9.00. The molecular weight excluding hydrogens is 640 g/mol. The van der Waals surface area contributed by atoms with Gasteiger partial charge in [-0.25, -0.2) is 0 Å². The van der Waals surface area contributed by atoms with E-state index in [9.17, 15) is 20.1 Å². The molecule has 4 aliphatic rings. The zero-order chi connectivity index (χ0) is 35.8. The average molecular weight is 694 g/mol. The number of aromatic amines is 2. The number of likely N-dealkylation sites (N-methyl/N-ethyl adjacent to an activating group) is 2. The van der Waals surface area contributed by atoms with E-state index in [-0.39, 0.29) is 48.9 Å². The molecule has 2 aromatic carbocycles. The van der Waals surface area contributed by atoms with E-state index in [4.69, 9.17) is 4.74 Å². The molecule has 5 N–H and O–H groups in total. The highest BCUT2D eigenvalue weighted by Crippen LogP contribution is 2.56. The first kappa shape index (κ1) is 34.2. The largest absolute Gasteiger partial charge is 0.508 e. The Kier molecular flexibility index (Phi) is 8.49. The van der Waals surface area contributed by atoms with E-state index < -0.39 is 5.41 Å². The highest BCUT2D eigenvalue weighted by molar-refractivity contribution is 5.92. The van der Waals surface area contributed by atoms with E-state index in [0.29, 0.717) is 25.3 Å². The standard InChI is InChI=1S/C42H52N4O5/c1-6-24-21-45(3)36-20-29-27-10-8-9-11-32(27)43-39(29)30(19-31(24)42(36,23-48)41(50)51-5)38-35(49)13-12-33-37(38)28-14-16-46(4)22-25(7-2)26(15-17-47)18-34(46)40(28)44-33/h6-13,26,30-31,34,36,43-44,47-48H,14-23H2,1-5H3/p+1/b24-6-,25-7-/t26-,30+,31-,34-,36-,42-,46?/m0/s1. The fourth-order valence-electron chi connectivity index (χ4n) is 11.2. The summed E-state index contributed by atoms with van der Waals surface area (Å²) in [6, 6.07) is 12.2. The number of aliphatic hydroxyl groups is 2. The predicted molar refractivity (Wildman–Crippen MR) is 200 cm³/mol. The number of fused-ring (bicyclic) bond motifs is 10. The molecule has 1 unspecified atom stereocenters. The van der Waals surface area contributed by atoms with E-state index in [0.717, 1.165) is 81.0 Å². The lowest BCUT2D eigenvalue weighted by atomic mass is 9.58. The monoisotopic (exact) mass is 693 g/mol. The Bertz CT molecular complexity index is 2080. The number of aromatic nitrogens is 2. The summed E-state index contributed by atoms with van der Waals surface area (Å²) < 4.78 is 6.51. The number of H-pyrrole nitrogens is 2. The minimum atomic E-state index is -1.19. The number of methoxy groups -OCH3 is 1. The van der Waals surface area contributed by atoms with Crippen molar-refractivity contribution in [2.75, 3.05) is 54.1 Å². The van der Waals surface area contributed by atoms with Crippen molar-refractivity contribution in [3.05, 3.63) is 87.8 Å². The smallest absolute Gasteiger partial charge is 0.316 e. The predicted octanol–water partition coefficient (Wildman–Crippen LogP) is 5.85. The Morgan fingerprint density at radius 1 is 1.04 bits per heavy atom. The number of benzene rings is 2. The number of phenolic OH excluding ortho intramolecular Hbond substituents is 1. The van der Waals surface area contributed by atoms with Crippen LogP contribution in [0.5, 0.6) is 5.75 Å². The van der Waals surface area contributed by atoms with Crippen molar-refractivity contribution in [1.29, 1.82) is 0 Å². The van der Waals surface area contributed by atoms with E-state index >= 15 is 0 Å². The molecule has 3 aliphatic heterocycles. The number of para-hydroxylation sites is 1. The SMILES string of the molecule is C/C=C1/C[N+]2(C)CCc3c([nH]c4ccc(O)c([C@H]5C[C@H]6/C(=C\C)CN(C)[C@@H](Cc7c5[nH]c5ccccc75)[C@@]6(CO)C(=O)OC)c34)[C@@H]2C[C@@H]1CCO. The van der Waals surface area contributed by atoms with Gasteiger partial charge in [-0.2, -0.15) is 0 Å². The van der Waals surface area contributed by atoms with Crippen molar-refractivity contribution >= 4 is 27.8 Å². The molecular formula is C42H53N4O5+. The maximum atomic E-state index is 14.2. The molecule has 0 amide bonds. The maximum Gasteiger partial charge on any atom is 0.316 e. The number of phenols is 1. The van der Waals surface area contributed by atoms with E-state index in [1.54, 1.807) is 0 Å². The van der Waals surface area contributed by atoms with Crippen LogP contribution in [0.4, 0.5) is 0 Å². The van der Waals surface area contributed by atoms with Gasteiger partial charge >= 0.3 is 5.97 Å². The number of ether oxygens (including phenoxy) is 1. The summed E-state index contributed by atoms with van der Waals surface area (Å²) in [5, 5.41) is 35.7. The first-order chi connectivity index (χ1) is 24.6. The number of hydrogen-bond donors (Lipinski definition) is 5. The molecule has 9 nitrogen and oxygen atoms in total. The number of piperidine rings is 2. The Morgan fingerprint density at radius 2 is 1.80 bits per heavy atom. The Morgan fingerprint density at radius 3 is 2.53 bits per heavy atom. The molecule has 2 aromatic heterocycles. The molecule has 8 rings (SSSR count). The molecule has 9 heteroatoms.